The van der Waals surface area contributed by atoms with Crippen LogP contribution in [0.2, 0.25) is 0 Å². The van der Waals surface area contributed by atoms with Gasteiger partial charge in [-0.25, -0.2) is 9.98 Å². The Morgan fingerprint density at radius 2 is 0.921 bits per heavy atom. The van der Waals surface area contributed by atoms with Gasteiger partial charge in [0.15, 0.2) is 11.8 Å². The maximum atomic E-state index is 6.16. The summed E-state index contributed by atoms with van der Waals surface area (Å²) in [5.41, 5.74) is 2.88. The Morgan fingerprint density at radius 1 is 0.553 bits per heavy atom. The van der Waals surface area contributed by atoms with Crippen LogP contribution in [0.4, 0.5) is 0 Å². The smallest absolute Gasteiger partial charge is 0.196 e. The molecule has 1 aromatic heterocycles. The molecule has 0 radical (unpaired) electrons. The lowest BCUT2D eigenvalue weighted by Gasteiger charge is -2.28. The monoisotopic (exact) mass is 504 g/mol. The second-order valence-corrected chi connectivity index (χ2v) is 11.0. The minimum atomic E-state index is -0.557. The van der Waals surface area contributed by atoms with Crippen molar-refractivity contribution in [2.75, 3.05) is 13.2 Å². The summed E-state index contributed by atoms with van der Waals surface area (Å²) in [6, 6.07) is 28.8. The SMILES string of the molecule is CC(C)(C1=N[C@@H](c2ccccc2)CO1)c1nnc(C(C)(C)C2=N[C@@H](c3ccccc3)CO2)c2ccccc12. The summed E-state index contributed by atoms with van der Waals surface area (Å²) in [5.74, 6) is 1.37. The van der Waals surface area contributed by atoms with Crippen molar-refractivity contribution in [2.24, 2.45) is 9.98 Å². The predicted octanol–water partition coefficient (Wildman–Crippen LogP) is 6.53. The molecule has 0 aliphatic carbocycles. The first kappa shape index (κ1) is 24.3. The molecule has 4 aromatic rings. The lowest BCUT2D eigenvalue weighted by atomic mass is 9.82. The third-order valence-electron chi connectivity index (χ3n) is 7.61. The van der Waals surface area contributed by atoms with Gasteiger partial charge >= 0.3 is 0 Å². The second-order valence-electron chi connectivity index (χ2n) is 11.0. The number of fused-ring (bicyclic) bond motifs is 1. The molecule has 6 nitrogen and oxygen atoms in total. The van der Waals surface area contributed by atoms with Gasteiger partial charge in [0, 0.05) is 10.8 Å². The van der Waals surface area contributed by atoms with Crippen molar-refractivity contribution >= 4 is 22.6 Å². The van der Waals surface area contributed by atoms with E-state index in [1.54, 1.807) is 0 Å². The van der Waals surface area contributed by atoms with Gasteiger partial charge < -0.3 is 9.47 Å². The number of ether oxygens (including phenoxy) is 2. The van der Waals surface area contributed by atoms with Crippen LogP contribution in [0.25, 0.3) is 10.8 Å². The topological polar surface area (TPSA) is 69.0 Å². The quantitative estimate of drug-likeness (QED) is 0.300. The largest absolute Gasteiger partial charge is 0.478 e. The van der Waals surface area contributed by atoms with Crippen LogP contribution in [-0.2, 0) is 20.3 Å². The fraction of sp³-hybridized carbons (Fsp3) is 0.312. The Bertz CT molecular complexity index is 1410. The average Bonchev–Trinajstić information content (AvgIpc) is 3.65. The molecule has 0 saturated carbocycles. The Balaban J connectivity index is 1.37. The van der Waals surface area contributed by atoms with E-state index in [-0.39, 0.29) is 12.1 Å². The molecule has 2 aliphatic rings. The Kier molecular flexibility index (Phi) is 5.98. The minimum absolute atomic E-state index is 0.0157. The first-order chi connectivity index (χ1) is 18.4. The van der Waals surface area contributed by atoms with Gasteiger partial charge in [-0.05, 0) is 38.8 Å². The zero-order chi connectivity index (χ0) is 26.3. The molecule has 0 saturated heterocycles. The molecule has 2 aliphatic heterocycles. The van der Waals surface area contributed by atoms with E-state index >= 15 is 0 Å². The molecule has 6 heteroatoms. The van der Waals surface area contributed by atoms with Gasteiger partial charge in [0.05, 0.1) is 22.2 Å². The van der Waals surface area contributed by atoms with Crippen LogP contribution >= 0.6 is 0 Å². The van der Waals surface area contributed by atoms with Crippen LogP contribution in [0.5, 0.6) is 0 Å². The van der Waals surface area contributed by atoms with E-state index < -0.39 is 10.8 Å². The highest BCUT2D eigenvalue weighted by molar-refractivity contribution is 5.98. The van der Waals surface area contributed by atoms with Crippen LogP contribution in [-0.4, -0.2) is 35.2 Å². The number of rotatable bonds is 6. The van der Waals surface area contributed by atoms with Crippen molar-refractivity contribution in [3.8, 4) is 0 Å². The number of nitrogens with zero attached hydrogens (tertiary/aromatic N) is 4. The molecule has 6 rings (SSSR count). The van der Waals surface area contributed by atoms with Crippen molar-refractivity contribution in [2.45, 2.75) is 50.6 Å². The molecule has 0 N–H and O–H groups in total. The summed E-state index contributed by atoms with van der Waals surface area (Å²) in [7, 11) is 0. The maximum absolute atomic E-state index is 6.16. The molecular weight excluding hydrogens is 472 g/mol. The number of aliphatic imine (C=N–C) groups is 2. The van der Waals surface area contributed by atoms with Gasteiger partial charge in [-0.1, -0.05) is 84.9 Å². The fourth-order valence-electron chi connectivity index (χ4n) is 5.35. The van der Waals surface area contributed by atoms with Crippen LogP contribution in [0, 0.1) is 0 Å². The molecule has 3 aromatic carbocycles. The standard InChI is InChI=1S/C32H32N4O2/c1-31(2,29-33-25(19-37-29)21-13-7-5-8-14-21)27-23-17-11-12-18-24(23)28(36-35-27)32(3,4)30-34-26(20-38-30)22-15-9-6-10-16-22/h5-18,25-26H,19-20H2,1-4H3/t25-,26-/m1/s1. The van der Waals surface area contributed by atoms with Crippen LogP contribution < -0.4 is 0 Å². The number of aromatic nitrogens is 2. The van der Waals surface area contributed by atoms with Crippen LogP contribution in [0.15, 0.2) is 94.9 Å². The molecule has 2 atom stereocenters. The first-order valence-electron chi connectivity index (χ1n) is 13.1. The third-order valence-corrected chi connectivity index (χ3v) is 7.61. The third kappa shape index (κ3) is 4.14. The molecule has 38 heavy (non-hydrogen) atoms. The Labute approximate surface area is 223 Å². The van der Waals surface area contributed by atoms with Crippen LogP contribution in [0.3, 0.4) is 0 Å². The van der Waals surface area contributed by atoms with E-state index in [9.17, 15) is 0 Å². The lowest BCUT2D eigenvalue weighted by Crippen LogP contribution is -2.34. The van der Waals surface area contributed by atoms with Gasteiger partial charge in [0.2, 0.25) is 0 Å². The molecule has 0 unspecified atom stereocenters. The van der Waals surface area contributed by atoms with Crippen molar-refractivity contribution in [3.63, 3.8) is 0 Å². The van der Waals surface area contributed by atoms with E-state index in [4.69, 9.17) is 29.7 Å². The fourth-order valence-corrected chi connectivity index (χ4v) is 5.35. The predicted molar refractivity (Wildman–Crippen MR) is 151 cm³/mol. The summed E-state index contributed by atoms with van der Waals surface area (Å²) < 4.78 is 12.3. The maximum Gasteiger partial charge on any atom is 0.196 e. The van der Waals surface area contributed by atoms with Crippen molar-refractivity contribution < 1.29 is 9.47 Å². The zero-order valence-electron chi connectivity index (χ0n) is 22.3. The molecule has 0 amide bonds. The van der Waals surface area contributed by atoms with Crippen molar-refractivity contribution in [1.29, 1.82) is 0 Å². The highest BCUT2D eigenvalue weighted by Gasteiger charge is 2.41. The summed E-state index contributed by atoms with van der Waals surface area (Å²) >= 11 is 0. The second kappa shape index (κ2) is 9.35. The van der Waals surface area contributed by atoms with Gasteiger partial charge in [-0.2, -0.15) is 10.2 Å². The normalized spacial score (nSPS) is 19.6. The van der Waals surface area contributed by atoms with Crippen molar-refractivity contribution in [3.05, 3.63) is 107 Å². The van der Waals surface area contributed by atoms with Gasteiger partial charge in [0.1, 0.15) is 25.3 Å². The Morgan fingerprint density at radius 3 is 1.32 bits per heavy atom. The summed E-state index contributed by atoms with van der Waals surface area (Å²) in [5, 5.41) is 11.7. The number of hydrogen-bond acceptors (Lipinski definition) is 6. The first-order valence-corrected chi connectivity index (χ1v) is 13.1. The lowest BCUT2D eigenvalue weighted by molar-refractivity contribution is 0.293. The van der Waals surface area contributed by atoms with Gasteiger partial charge in [-0.3, -0.25) is 0 Å². The van der Waals surface area contributed by atoms with E-state index in [1.807, 2.05) is 48.5 Å². The Hall–Kier alpha value is -4.06. The van der Waals surface area contributed by atoms with E-state index in [1.165, 1.54) is 0 Å². The zero-order valence-corrected chi connectivity index (χ0v) is 22.3. The van der Waals surface area contributed by atoms with Crippen molar-refractivity contribution in [1.82, 2.24) is 10.2 Å². The van der Waals surface area contributed by atoms with Crippen LogP contribution in [0.1, 0.15) is 62.3 Å². The molecular formula is C32H32N4O2. The van der Waals surface area contributed by atoms with Gasteiger partial charge in [-0.15, -0.1) is 0 Å². The highest BCUT2D eigenvalue weighted by Crippen LogP contribution is 2.39. The molecule has 0 fully saturated rings. The highest BCUT2D eigenvalue weighted by atomic mass is 16.5. The van der Waals surface area contributed by atoms with E-state index in [2.05, 4.69) is 64.1 Å². The van der Waals surface area contributed by atoms with E-state index in [0.717, 1.165) is 33.3 Å². The summed E-state index contributed by atoms with van der Waals surface area (Å²) in [6.45, 7) is 9.48. The summed E-state index contributed by atoms with van der Waals surface area (Å²) in [6.07, 6.45) is 0. The number of hydrogen-bond donors (Lipinski definition) is 0. The van der Waals surface area contributed by atoms with E-state index in [0.29, 0.717) is 25.0 Å². The van der Waals surface area contributed by atoms with Gasteiger partial charge in [0.25, 0.3) is 0 Å². The molecule has 0 spiro atoms. The number of benzene rings is 3. The molecule has 192 valence electrons. The molecule has 0 bridgehead atoms. The average molecular weight is 505 g/mol. The molecule has 3 heterocycles. The minimum Gasteiger partial charge on any atom is -0.478 e. The summed E-state index contributed by atoms with van der Waals surface area (Å²) in [4.78, 5) is 9.94.